The third-order valence-electron chi connectivity index (χ3n) is 3.62. The van der Waals surface area contributed by atoms with Gasteiger partial charge in [0.15, 0.2) is 0 Å². The molecule has 110 valence electrons. The van der Waals surface area contributed by atoms with Gasteiger partial charge in [0.25, 0.3) is 0 Å². The molecule has 0 fully saturated rings. The zero-order chi connectivity index (χ0) is 15.6. The highest BCUT2D eigenvalue weighted by Gasteiger charge is 2.17. The van der Waals surface area contributed by atoms with E-state index >= 15 is 0 Å². The molecule has 0 aliphatic heterocycles. The number of carbonyl (C=O) groups is 1. The molecule has 2 aromatic carbocycles. The van der Waals surface area contributed by atoms with Crippen LogP contribution >= 0.6 is 0 Å². The summed E-state index contributed by atoms with van der Waals surface area (Å²) in [6.45, 7) is 9.47. The lowest BCUT2D eigenvalue weighted by molar-refractivity contribution is 0.0409. The molecule has 1 atom stereocenters. The van der Waals surface area contributed by atoms with Gasteiger partial charge in [-0.2, -0.15) is 0 Å². The molecule has 0 aliphatic carbocycles. The van der Waals surface area contributed by atoms with Gasteiger partial charge in [-0.25, -0.2) is 4.79 Å². The van der Waals surface area contributed by atoms with Crippen molar-refractivity contribution in [3.8, 4) is 5.75 Å². The molecule has 2 rings (SSSR count). The topological polar surface area (TPSA) is 35.5 Å². The molecule has 3 nitrogen and oxygen atoms in total. The molecule has 0 radical (unpaired) electrons. The van der Waals surface area contributed by atoms with Crippen LogP contribution in [0.1, 0.15) is 29.8 Å². The zero-order valence-corrected chi connectivity index (χ0v) is 12.9. The van der Waals surface area contributed by atoms with Crippen molar-refractivity contribution < 1.29 is 14.3 Å². The van der Waals surface area contributed by atoms with Crippen molar-refractivity contribution in [1.82, 2.24) is 0 Å². The van der Waals surface area contributed by atoms with Gasteiger partial charge in [0.2, 0.25) is 0 Å². The van der Waals surface area contributed by atoms with E-state index in [0.29, 0.717) is 11.3 Å². The summed E-state index contributed by atoms with van der Waals surface area (Å²) in [6.07, 6.45) is -0.316. The summed E-state index contributed by atoms with van der Waals surface area (Å²) in [5.41, 5.74) is 2.42. The standard InChI is InChI=1S/C18H20O3/c1-11(2)13(4)21-18(19)17-10-14(20-5)9-16-12(3)7-6-8-15(16)17/h6-10,13H,1H2,2-5H3. The number of benzene rings is 2. The van der Waals surface area contributed by atoms with Crippen molar-refractivity contribution in [3.05, 3.63) is 53.6 Å². The van der Waals surface area contributed by atoms with E-state index in [-0.39, 0.29) is 12.1 Å². The van der Waals surface area contributed by atoms with Gasteiger partial charge in [-0.3, -0.25) is 0 Å². The Morgan fingerprint density at radius 2 is 1.95 bits per heavy atom. The van der Waals surface area contributed by atoms with Crippen LogP contribution in [0.2, 0.25) is 0 Å². The van der Waals surface area contributed by atoms with Crippen molar-refractivity contribution in [1.29, 1.82) is 0 Å². The van der Waals surface area contributed by atoms with E-state index in [1.165, 1.54) is 0 Å². The largest absolute Gasteiger partial charge is 0.497 e. The van der Waals surface area contributed by atoms with Gasteiger partial charge >= 0.3 is 5.97 Å². The van der Waals surface area contributed by atoms with Crippen LogP contribution < -0.4 is 4.74 Å². The molecule has 0 aromatic heterocycles. The van der Waals surface area contributed by atoms with Gasteiger partial charge in [0.05, 0.1) is 12.7 Å². The first-order valence-electron chi connectivity index (χ1n) is 6.87. The second-order valence-corrected chi connectivity index (χ2v) is 5.24. The molecule has 0 heterocycles. The third kappa shape index (κ3) is 3.07. The van der Waals surface area contributed by atoms with Crippen molar-refractivity contribution in [2.45, 2.75) is 26.9 Å². The van der Waals surface area contributed by atoms with E-state index in [2.05, 4.69) is 6.58 Å². The molecular formula is C18H20O3. The second kappa shape index (κ2) is 6.00. The molecule has 0 amide bonds. The van der Waals surface area contributed by atoms with Crippen LogP contribution in [0, 0.1) is 6.92 Å². The Balaban J connectivity index is 2.54. The minimum Gasteiger partial charge on any atom is -0.497 e. The zero-order valence-electron chi connectivity index (χ0n) is 12.9. The maximum absolute atomic E-state index is 12.4. The molecule has 1 unspecified atom stereocenters. The van der Waals surface area contributed by atoms with Gasteiger partial charge in [-0.05, 0) is 54.8 Å². The molecule has 21 heavy (non-hydrogen) atoms. The minimum atomic E-state index is -0.361. The van der Waals surface area contributed by atoms with Crippen LogP contribution in [0.4, 0.5) is 0 Å². The van der Waals surface area contributed by atoms with E-state index in [9.17, 15) is 4.79 Å². The highest BCUT2D eigenvalue weighted by molar-refractivity contribution is 6.06. The summed E-state index contributed by atoms with van der Waals surface area (Å²) in [5.74, 6) is 0.284. The number of hydrogen-bond donors (Lipinski definition) is 0. The van der Waals surface area contributed by atoms with Crippen LogP contribution in [0.3, 0.4) is 0 Å². The number of carbonyl (C=O) groups excluding carboxylic acids is 1. The van der Waals surface area contributed by atoms with E-state index in [4.69, 9.17) is 9.47 Å². The SMILES string of the molecule is C=C(C)C(C)OC(=O)c1cc(OC)cc2c(C)cccc12. The molecule has 0 spiro atoms. The number of hydrogen-bond acceptors (Lipinski definition) is 3. The number of esters is 1. The van der Waals surface area contributed by atoms with E-state index in [1.54, 1.807) is 13.2 Å². The Hall–Kier alpha value is -2.29. The summed E-state index contributed by atoms with van der Waals surface area (Å²) in [7, 11) is 1.59. The minimum absolute atomic E-state index is 0.316. The summed E-state index contributed by atoms with van der Waals surface area (Å²) in [4.78, 5) is 12.4. The lowest BCUT2D eigenvalue weighted by Gasteiger charge is -2.15. The molecule has 0 saturated heterocycles. The molecule has 3 heteroatoms. The van der Waals surface area contributed by atoms with Gasteiger partial charge in [-0.15, -0.1) is 0 Å². The summed E-state index contributed by atoms with van der Waals surface area (Å²) in [5, 5.41) is 1.86. The smallest absolute Gasteiger partial charge is 0.339 e. The maximum Gasteiger partial charge on any atom is 0.339 e. The Morgan fingerprint density at radius 1 is 1.24 bits per heavy atom. The van der Waals surface area contributed by atoms with E-state index < -0.39 is 0 Å². The molecule has 0 aliphatic rings. The van der Waals surface area contributed by atoms with Crippen LogP contribution in [-0.4, -0.2) is 19.2 Å². The normalized spacial score (nSPS) is 12.0. The summed E-state index contributed by atoms with van der Waals surface area (Å²) in [6, 6.07) is 9.51. The lowest BCUT2D eigenvalue weighted by Crippen LogP contribution is -2.16. The summed E-state index contributed by atoms with van der Waals surface area (Å²) >= 11 is 0. The maximum atomic E-state index is 12.4. The van der Waals surface area contributed by atoms with Crippen LogP contribution in [0.15, 0.2) is 42.5 Å². The highest BCUT2D eigenvalue weighted by atomic mass is 16.5. The van der Waals surface area contributed by atoms with Crippen molar-refractivity contribution >= 4 is 16.7 Å². The first kappa shape index (κ1) is 15.1. The average Bonchev–Trinajstić information content (AvgIpc) is 2.46. The molecule has 2 aromatic rings. The monoisotopic (exact) mass is 284 g/mol. The van der Waals surface area contributed by atoms with Crippen molar-refractivity contribution in [3.63, 3.8) is 0 Å². The number of rotatable bonds is 4. The molecule has 0 saturated carbocycles. The first-order chi connectivity index (χ1) is 9.93. The number of aryl methyl sites for hydroxylation is 1. The number of fused-ring (bicyclic) bond motifs is 1. The van der Waals surface area contributed by atoms with E-state index in [0.717, 1.165) is 21.9 Å². The quantitative estimate of drug-likeness (QED) is 0.621. The molecule has 0 N–H and O–H groups in total. The predicted molar refractivity (Wildman–Crippen MR) is 84.9 cm³/mol. The Bertz CT molecular complexity index is 701. The summed E-state index contributed by atoms with van der Waals surface area (Å²) < 4.78 is 10.7. The highest BCUT2D eigenvalue weighted by Crippen LogP contribution is 2.28. The van der Waals surface area contributed by atoms with Crippen LogP contribution in [0.25, 0.3) is 10.8 Å². The second-order valence-electron chi connectivity index (χ2n) is 5.24. The third-order valence-corrected chi connectivity index (χ3v) is 3.62. The molecular weight excluding hydrogens is 264 g/mol. The van der Waals surface area contributed by atoms with Crippen molar-refractivity contribution in [2.75, 3.05) is 7.11 Å². The Labute approximate surface area is 125 Å². The van der Waals surface area contributed by atoms with Crippen molar-refractivity contribution in [2.24, 2.45) is 0 Å². The number of methoxy groups -OCH3 is 1. The average molecular weight is 284 g/mol. The fourth-order valence-electron chi connectivity index (χ4n) is 2.12. The first-order valence-corrected chi connectivity index (χ1v) is 6.87. The Kier molecular flexibility index (Phi) is 4.32. The lowest BCUT2D eigenvalue weighted by atomic mass is 10.00. The fourth-order valence-corrected chi connectivity index (χ4v) is 2.12. The molecule has 0 bridgehead atoms. The number of ether oxygens (including phenoxy) is 2. The Morgan fingerprint density at radius 3 is 2.57 bits per heavy atom. The van der Waals surface area contributed by atoms with E-state index in [1.807, 2.05) is 45.0 Å². The van der Waals surface area contributed by atoms with Crippen LogP contribution in [-0.2, 0) is 4.74 Å². The predicted octanol–water partition coefficient (Wildman–Crippen LogP) is 4.28. The fraction of sp³-hybridized carbons (Fsp3) is 0.278. The van der Waals surface area contributed by atoms with Gasteiger partial charge in [0, 0.05) is 0 Å². The van der Waals surface area contributed by atoms with Gasteiger partial charge in [-0.1, -0.05) is 24.8 Å². The van der Waals surface area contributed by atoms with Gasteiger partial charge < -0.3 is 9.47 Å². The van der Waals surface area contributed by atoms with Gasteiger partial charge in [0.1, 0.15) is 11.9 Å². The van der Waals surface area contributed by atoms with Crippen LogP contribution in [0.5, 0.6) is 5.75 Å².